The summed E-state index contributed by atoms with van der Waals surface area (Å²) in [6.45, 7) is 13.5. The molecule has 10 heteroatoms. The van der Waals surface area contributed by atoms with Crippen molar-refractivity contribution in [2.24, 2.45) is 10.9 Å². The normalized spacial score (nSPS) is 18.2. The average molecular weight is 487 g/mol. The molecule has 1 fully saturated rings. The molecule has 2 aromatic rings. The van der Waals surface area contributed by atoms with Gasteiger partial charge < -0.3 is 15.5 Å². The number of rotatable bonds is 7. The molecule has 2 N–H and O–H groups in total. The van der Waals surface area contributed by atoms with E-state index < -0.39 is 5.83 Å². The fourth-order valence-electron chi connectivity index (χ4n) is 3.63. The Labute approximate surface area is 203 Å². The zero-order valence-corrected chi connectivity index (χ0v) is 21.0. The van der Waals surface area contributed by atoms with Gasteiger partial charge in [-0.25, -0.2) is 14.4 Å². The Morgan fingerprint density at radius 1 is 1.38 bits per heavy atom. The van der Waals surface area contributed by atoms with E-state index in [4.69, 9.17) is 0 Å². The minimum Gasteiger partial charge on any atom is -0.351 e. The minimum absolute atomic E-state index is 0.0434. The Morgan fingerprint density at radius 3 is 2.79 bits per heavy atom. The number of likely N-dealkylation sites (tertiary alicyclic amines) is 1. The second kappa shape index (κ2) is 10.4. The molecule has 0 saturated carbocycles. The number of allylic oxidation sites excluding steroid dienone is 2. The number of halogens is 1. The Bertz CT molecular complexity index is 1150. The summed E-state index contributed by atoms with van der Waals surface area (Å²) in [5, 5.41) is 8.00. The number of amides is 2. The molecular weight excluding hydrogens is 455 g/mol. The summed E-state index contributed by atoms with van der Waals surface area (Å²) >= 11 is 1.40. The van der Waals surface area contributed by atoms with Gasteiger partial charge in [0, 0.05) is 24.7 Å². The van der Waals surface area contributed by atoms with Crippen molar-refractivity contribution in [2.45, 2.75) is 52.6 Å². The van der Waals surface area contributed by atoms with Crippen LogP contribution >= 0.6 is 11.3 Å². The Hall–Kier alpha value is -3.14. The molecule has 1 unspecified atom stereocenters. The van der Waals surface area contributed by atoms with Gasteiger partial charge in [0.25, 0.3) is 5.91 Å². The largest absolute Gasteiger partial charge is 0.351 e. The van der Waals surface area contributed by atoms with Crippen molar-refractivity contribution in [3.8, 4) is 0 Å². The molecule has 182 valence electrons. The summed E-state index contributed by atoms with van der Waals surface area (Å²) in [6, 6.07) is 1.54. The van der Waals surface area contributed by atoms with Crippen LogP contribution in [0.25, 0.3) is 10.2 Å². The number of carbonyl (C=O) groups is 2. The van der Waals surface area contributed by atoms with Crippen LogP contribution in [0, 0.1) is 5.92 Å². The van der Waals surface area contributed by atoms with E-state index in [1.807, 2.05) is 39.1 Å². The molecule has 1 aliphatic heterocycles. The summed E-state index contributed by atoms with van der Waals surface area (Å²) < 4.78 is 14.5. The molecule has 3 rings (SSSR count). The Balaban J connectivity index is 1.80. The third-order valence-electron chi connectivity index (χ3n) is 5.46. The van der Waals surface area contributed by atoms with Crippen LogP contribution in [0.1, 0.15) is 51.5 Å². The second-order valence-corrected chi connectivity index (χ2v) is 10.4. The minimum atomic E-state index is -0.509. The molecule has 3 heterocycles. The van der Waals surface area contributed by atoms with Gasteiger partial charge in [0.2, 0.25) is 11.9 Å². The second-order valence-electron chi connectivity index (χ2n) is 9.46. The van der Waals surface area contributed by atoms with Crippen molar-refractivity contribution in [1.29, 1.82) is 0 Å². The molecule has 0 aromatic carbocycles. The van der Waals surface area contributed by atoms with Crippen molar-refractivity contribution in [2.75, 3.05) is 18.4 Å². The highest BCUT2D eigenvalue weighted by atomic mass is 32.1. The number of nitrogens with one attached hydrogen (secondary N) is 2. The van der Waals surface area contributed by atoms with Crippen molar-refractivity contribution in [1.82, 2.24) is 20.2 Å². The van der Waals surface area contributed by atoms with Gasteiger partial charge in [-0.1, -0.05) is 0 Å². The monoisotopic (exact) mass is 486 g/mol. The molecule has 34 heavy (non-hydrogen) atoms. The van der Waals surface area contributed by atoms with Gasteiger partial charge in [-0.2, -0.15) is 0 Å². The van der Waals surface area contributed by atoms with Gasteiger partial charge in [-0.15, -0.1) is 11.3 Å². The first-order chi connectivity index (χ1) is 16.0. The fraction of sp³-hybridized carbons (Fsp3) is 0.458. The molecule has 2 atom stereocenters. The van der Waals surface area contributed by atoms with E-state index in [0.29, 0.717) is 41.0 Å². The number of fused-ring (bicyclic) bond motifs is 1. The van der Waals surface area contributed by atoms with E-state index in [1.54, 1.807) is 11.8 Å². The highest BCUT2D eigenvalue weighted by molar-refractivity contribution is 7.17. The summed E-state index contributed by atoms with van der Waals surface area (Å²) in [7, 11) is 0. The molecule has 8 nitrogen and oxygen atoms in total. The molecule has 0 spiro atoms. The Morgan fingerprint density at radius 2 is 2.12 bits per heavy atom. The molecule has 0 radical (unpaired) electrons. The van der Waals surface area contributed by atoms with E-state index in [9.17, 15) is 14.0 Å². The van der Waals surface area contributed by atoms with Gasteiger partial charge in [0.05, 0.1) is 22.3 Å². The predicted molar refractivity (Wildman–Crippen MR) is 135 cm³/mol. The van der Waals surface area contributed by atoms with Crippen molar-refractivity contribution < 1.29 is 14.0 Å². The fourth-order valence-corrected chi connectivity index (χ4v) is 4.44. The maximum absolute atomic E-state index is 13.8. The highest BCUT2D eigenvalue weighted by Crippen LogP contribution is 2.27. The van der Waals surface area contributed by atoms with Gasteiger partial charge in [-0.05, 0) is 70.9 Å². The van der Waals surface area contributed by atoms with Gasteiger partial charge in [0.15, 0.2) is 5.69 Å². The predicted octanol–water partition coefficient (Wildman–Crippen LogP) is 4.33. The van der Waals surface area contributed by atoms with Crippen LogP contribution in [-0.2, 0) is 4.79 Å². The smallest absolute Gasteiger partial charge is 0.274 e. The van der Waals surface area contributed by atoms with E-state index in [0.717, 1.165) is 6.20 Å². The molecular formula is C24H31FN6O2S. The van der Waals surface area contributed by atoms with Crippen molar-refractivity contribution in [3.63, 3.8) is 0 Å². The quantitative estimate of drug-likeness (QED) is 0.448. The highest BCUT2D eigenvalue weighted by Gasteiger charge is 2.34. The van der Waals surface area contributed by atoms with E-state index in [1.165, 1.54) is 17.4 Å². The number of thiophene rings is 1. The molecule has 2 amide bonds. The van der Waals surface area contributed by atoms with E-state index in [-0.39, 0.29) is 35.3 Å². The van der Waals surface area contributed by atoms with Gasteiger partial charge in [-0.3, -0.25) is 14.6 Å². The first kappa shape index (κ1) is 25.5. The van der Waals surface area contributed by atoms with Crippen LogP contribution in [0.4, 0.5) is 10.3 Å². The number of carbonyl (C=O) groups excluding carboxylic acids is 2. The zero-order valence-electron chi connectivity index (χ0n) is 20.2. The molecule has 1 aliphatic rings. The number of aromatic nitrogens is 2. The van der Waals surface area contributed by atoms with Gasteiger partial charge in [0.1, 0.15) is 5.83 Å². The zero-order chi connectivity index (χ0) is 25.0. The molecule has 0 bridgehead atoms. The SMILES string of the molecule is C=N/C=C(F)\C=C(/C)[C@H](C)Nc1nc(C(=O)N2CCC(C(=O)NC(C)(C)C)C2)c2sccc2n1. The average Bonchev–Trinajstić information content (AvgIpc) is 3.41. The topological polar surface area (TPSA) is 99.6 Å². The third kappa shape index (κ3) is 6.25. The maximum Gasteiger partial charge on any atom is 0.274 e. The number of nitrogens with zero attached hydrogens (tertiary/aromatic N) is 4. The number of hydrogen-bond donors (Lipinski definition) is 2. The summed E-state index contributed by atoms with van der Waals surface area (Å²) in [5.41, 5.74) is 1.33. The first-order valence-corrected chi connectivity index (χ1v) is 12.0. The molecule has 2 aromatic heterocycles. The van der Waals surface area contributed by atoms with Crippen molar-refractivity contribution in [3.05, 3.63) is 40.8 Å². The maximum atomic E-state index is 13.8. The van der Waals surface area contributed by atoms with Crippen LogP contribution in [0.3, 0.4) is 0 Å². The van der Waals surface area contributed by atoms with Crippen LogP contribution in [0.2, 0.25) is 0 Å². The van der Waals surface area contributed by atoms with E-state index >= 15 is 0 Å². The van der Waals surface area contributed by atoms with Crippen LogP contribution < -0.4 is 10.6 Å². The summed E-state index contributed by atoms with van der Waals surface area (Å²) in [4.78, 5) is 40.1. The molecule has 1 saturated heterocycles. The summed E-state index contributed by atoms with van der Waals surface area (Å²) in [6.07, 6.45) is 3.00. The number of hydrogen-bond acceptors (Lipinski definition) is 7. The lowest BCUT2D eigenvalue weighted by Crippen LogP contribution is -2.44. The van der Waals surface area contributed by atoms with Gasteiger partial charge >= 0.3 is 0 Å². The Kier molecular flexibility index (Phi) is 7.81. The standard InChI is InChI=1S/C24H31FN6O2S/c1-14(11-17(25)12-26-6)15(2)27-23-28-18-8-10-34-20(18)19(29-23)22(33)31-9-7-16(13-31)21(32)30-24(3,4)5/h8,10-12,15-16H,6-7,9,13H2,1-5H3,(H,30,32)(H,27,28,29)/b14-11+,17-12+/t15-,16?/m0/s1. The lowest BCUT2D eigenvalue weighted by atomic mass is 10.0. The van der Waals surface area contributed by atoms with Crippen molar-refractivity contribution >= 4 is 46.0 Å². The summed E-state index contributed by atoms with van der Waals surface area (Å²) in [5.74, 6) is -0.748. The number of anilines is 1. The molecule has 0 aliphatic carbocycles. The van der Waals surface area contributed by atoms with E-state index in [2.05, 4.69) is 32.3 Å². The lowest BCUT2D eigenvalue weighted by Gasteiger charge is -2.23. The third-order valence-corrected chi connectivity index (χ3v) is 6.37. The number of aliphatic imine (C=N–C) groups is 1. The van der Waals surface area contributed by atoms with Crippen LogP contribution in [0.5, 0.6) is 0 Å². The van der Waals surface area contributed by atoms with Crippen LogP contribution in [-0.4, -0.2) is 58.1 Å². The first-order valence-electron chi connectivity index (χ1n) is 11.1. The lowest BCUT2D eigenvalue weighted by molar-refractivity contribution is -0.126. The van der Waals surface area contributed by atoms with Crippen LogP contribution in [0.15, 0.2) is 40.1 Å².